The number of halogens is 2. The van der Waals surface area contributed by atoms with Gasteiger partial charge in [-0.3, -0.25) is 4.79 Å². The first-order valence-corrected chi connectivity index (χ1v) is 7.35. The number of benzene rings is 1. The minimum Gasteiger partial charge on any atom is -0.497 e. The van der Waals surface area contributed by atoms with E-state index in [1.54, 1.807) is 18.2 Å². The van der Waals surface area contributed by atoms with Crippen LogP contribution in [0.15, 0.2) is 24.4 Å². The molecule has 0 atom stereocenters. The largest absolute Gasteiger partial charge is 0.497 e. The van der Waals surface area contributed by atoms with Crippen LogP contribution in [-0.4, -0.2) is 23.0 Å². The summed E-state index contributed by atoms with van der Waals surface area (Å²) in [5, 5.41) is 3.23. The average molecular weight is 340 g/mol. The fourth-order valence-corrected chi connectivity index (χ4v) is 2.12. The van der Waals surface area contributed by atoms with Gasteiger partial charge >= 0.3 is 0 Å². The molecule has 0 aliphatic heterocycles. The van der Waals surface area contributed by atoms with Gasteiger partial charge in [-0.15, -0.1) is 0 Å². The molecule has 7 heteroatoms. The molecule has 0 aliphatic rings. The molecule has 1 amide bonds. The number of rotatable bonds is 4. The average Bonchev–Trinajstić information content (AvgIpc) is 2.49. The molecule has 1 aromatic heterocycles. The molecule has 1 heterocycles. The molecule has 0 saturated heterocycles. The molecule has 0 aliphatic carbocycles. The maximum atomic E-state index is 12.3. The maximum absolute atomic E-state index is 12.3. The van der Waals surface area contributed by atoms with E-state index < -0.39 is 5.91 Å². The lowest BCUT2D eigenvalue weighted by atomic mass is 10.2. The summed E-state index contributed by atoms with van der Waals surface area (Å²) >= 11 is 12.1. The normalized spacial score (nSPS) is 10.6. The lowest BCUT2D eigenvalue weighted by Crippen LogP contribution is -2.16. The van der Waals surface area contributed by atoms with Gasteiger partial charge in [0.05, 0.1) is 29.0 Å². The molecular formula is C15H15Cl2N3O2. The van der Waals surface area contributed by atoms with E-state index in [1.165, 1.54) is 13.3 Å². The van der Waals surface area contributed by atoms with Gasteiger partial charge in [-0.1, -0.05) is 37.0 Å². The first-order chi connectivity index (χ1) is 10.4. The Balaban J connectivity index is 2.27. The van der Waals surface area contributed by atoms with E-state index in [1.807, 2.05) is 13.8 Å². The zero-order valence-electron chi connectivity index (χ0n) is 12.4. The zero-order chi connectivity index (χ0) is 16.3. The molecule has 0 radical (unpaired) electrons. The first kappa shape index (κ1) is 16.5. The van der Waals surface area contributed by atoms with Crippen LogP contribution in [0.2, 0.25) is 10.0 Å². The number of hydrogen-bond acceptors (Lipinski definition) is 4. The van der Waals surface area contributed by atoms with Crippen molar-refractivity contribution in [2.75, 3.05) is 12.4 Å². The highest BCUT2D eigenvalue weighted by molar-refractivity contribution is 6.35. The summed E-state index contributed by atoms with van der Waals surface area (Å²) in [4.78, 5) is 20.7. The van der Waals surface area contributed by atoms with Crippen LogP contribution in [0.25, 0.3) is 0 Å². The maximum Gasteiger partial charge on any atom is 0.275 e. The molecule has 116 valence electrons. The van der Waals surface area contributed by atoms with Gasteiger partial charge in [-0.05, 0) is 12.1 Å². The summed E-state index contributed by atoms with van der Waals surface area (Å²) in [7, 11) is 1.54. The van der Waals surface area contributed by atoms with Crippen molar-refractivity contribution >= 4 is 34.8 Å². The van der Waals surface area contributed by atoms with Crippen molar-refractivity contribution in [2.24, 2.45) is 0 Å². The zero-order valence-corrected chi connectivity index (χ0v) is 13.9. The predicted molar refractivity (Wildman–Crippen MR) is 87.1 cm³/mol. The molecule has 0 spiro atoms. The van der Waals surface area contributed by atoms with Gasteiger partial charge in [0.2, 0.25) is 0 Å². The Morgan fingerprint density at radius 2 is 2.00 bits per heavy atom. The predicted octanol–water partition coefficient (Wildman–Crippen LogP) is 4.17. The van der Waals surface area contributed by atoms with Crippen LogP contribution in [0, 0.1) is 0 Å². The Morgan fingerprint density at radius 1 is 1.27 bits per heavy atom. The molecular weight excluding hydrogens is 325 g/mol. The number of nitrogens with one attached hydrogen (secondary N) is 1. The first-order valence-electron chi connectivity index (χ1n) is 6.59. The Morgan fingerprint density at radius 3 is 2.59 bits per heavy atom. The standard InChI is InChI=1S/C15H15Cl2N3O2/c1-8(2)14-18-7-11(17)13(20-14)15(21)19-12-5-4-9(22-3)6-10(12)16/h4-8H,1-3H3,(H,19,21). The van der Waals surface area contributed by atoms with Gasteiger partial charge in [0.15, 0.2) is 5.69 Å². The summed E-state index contributed by atoms with van der Waals surface area (Å²) in [5.74, 6) is 0.801. The topological polar surface area (TPSA) is 64.1 Å². The molecule has 0 saturated carbocycles. The van der Waals surface area contributed by atoms with Crippen molar-refractivity contribution in [1.82, 2.24) is 9.97 Å². The van der Waals surface area contributed by atoms with Crippen LogP contribution >= 0.6 is 23.2 Å². The monoisotopic (exact) mass is 339 g/mol. The fourth-order valence-electron chi connectivity index (χ4n) is 1.72. The molecule has 1 N–H and O–H groups in total. The Kier molecular flexibility index (Phi) is 5.21. The van der Waals surface area contributed by atoms with Crippen LogP contribution in [0.3, 0.4) is 0 Å². The van der Waals surface area contributed by atoms with E-state index in [0.29, 0.717) is 22.3 Å². The third kappa shape index (κ3) is 3.67. The van der Waals surface area contributed by atoms with Crippen molar-refractivity contribution < 1.29 is 9.53 Å². The third-order valence-electron chi connectivity index (χ3n) is 2.92. The van der Waals surface area contributed by atoms with Crippen LogP contribution in [0.1, 0.15) is 36.1 Å². The van der Waals surface area contributed by atoms with E-state index in [-0.39, 0.29) is 16.6 Å². The minimum absolute atomic E-state index is 0.0911. The highest BCUT2D eigenvalue weighted by atomic mass is 35.5. The third-order valence-corrected chi connectivity index (χ3v) is 3.51. The minimum atomic E-state index is -0.443. The number of anilines is 1. The second-order valence-electron chi connectivity index (χ2n) is 4.88. The van der Waals surface area contributed by atoms with Gasteiger partial charge in [0.1, 0.15) is 11.6 Å². The number of aromatic nitrogens is 2. The van der Waals surface area contributed by atoms with Crippen molar-refractivity contribution in [3.8, 4) is 5.75 Å². The van der Waals surface area contributed by atoms with E-state index in [4.69, 9.17) is 27.9 Å². The lowest BCUT2D eigenvalue weighted by molar-refractivity contribution is 0.102. The van der Waals surface area contributed by atoms with Crippen molar-refractivity contribution in [3.05, 3.63) is 46.0 Å². The van der Waals surface area contributed by atoms with Crippen LogP contribution in [0.5, 0.6) is 5.75 Å². The molecule has 22 heavy (non-hydrogen) atoms. The van der Waals surface area contributed by atoms with E-state index in [0.717, 1.165) is 0 Å². The van der Waals surface area contributed by atoms with Gasteiger partial charge in [-0.25, -0.2) is 9.97 Å². The number of amides is 1. The van der Waals surface area contributed by atoms with Crippen LogP contribution in [-0.2, 0) is 0 Å². The number of ether oxygens (including phenoxy) is 1. The summed E-state index contributed by atoms with van der Waals surface area (Å²) in [5.41, 5.74) is 0.570. The highest BCUT2D eigenvalue weighted by Crippen LogP contribution is 2.27. The molecule has 2 aromatic rings. The van der Waals surface area contributed by atoms with Crippen LogP contribution < -0.4 is 10.1 Å². The Hall–Kier alpha value is -1.85. The quantitative estimate of drug-likeness (QED) is 0.907. The number of methoxy groups -OCH3 is 1. The van der Waals surface area contributed by atoms with Gasteiger partial charge in [0.25, 0.3) is 5.91 Å². The van der Waals surface area contributed by atoms with E-state index in [9.17, 15) is 4.79 Å². The van der Waals surface area contributed by atoms with Gasteiger partial charge in [0, 0.05) is 12.0 Å². The number of carbonyl (C=O) groups excluding carboxylic acids is 1. The number of carbonyl (C=O) groups is 1. The second kappa shape index (κ2) is 6.94. The van der Waals surface area contributed by atoms with E-state index in [2.05, 4.69) is 15.3 Å². The smallest absolute Gasteiger partial charge is 0.275 e. The van der Waals surface area contributed by atoms with Crippen molar-refractivity contribution in [3.63, 3.8) is 0 Å². The summed E-state index contributed by atoms with van der Waals surface area (Å²) in [6, 6.07) is 4.96. The SMILES string of the molecule is COc1ccc(NC(=O)c2nc(C(C)C)ncc2Cl)c(Cl)c1. The number of hydrogen-bond donors (Lipinski definition) is 1. The lowest BCUT2D eigenvalue weighted by Gasteiger charge is -2.10. The van der Waals surface area contributed by atoms with Crippen LogP contribution in [0.4, 0.5) is 5.69 Å². The summed E-state index contributed by atoms with van der Waals surface area (Å²) in [6.45, 7) is 3.87. The molecule has 2 rings (SSSR count). The number of nitrogens with zero attached hydrogens (tertiary/aromatic N) is 2. The summed E-state index contributed by atoms with van der Waals surface area (Å²) < 4.78 is 5.06. The van der Waals surface area contributed by atoms with Crippen molar-refractivity contribution in [1.29, 1.82) is 0 Å². The Bertz CT molecular complexity index is 705. The molecule has 1 aromatic carbocycles. The van der Waals surface area contributed by atoms with Gasteiger partial charge < -0.3 is 10.1 Å². The molecule has 0 unspecified atom stereocenters. The highest BCUT2D eigenvalue weighted by Gasteiger charge is 2.17. The molecule has 5 nitrogen and oxygen atoms in total. The van der Waals surface area contributed by atoms with E-state index >= 15 is 0 Å². The fraction of sp³-hybridized carbons (Fsp3) is 0.267. The van der Waals surface area contributed by atoms with Crippen molar-refractivity contribution in [2.45, 2.75) is 19.8 Å². The molecule has 0 bridgehead atoms. The van der Waals surface area contributed by atoms with Gasteiger partial charge in [-0.2, -0.15) is 0 Å². The Labute approximate surface area is 138 Å². The summed E-state index contributed by atoms with van der Waals surface area (Å²) in [6.07, 6.45) is 1.43. The second-order valence-corrected chi connectivity index (χ2v) is 5.69. The molecule has 0 fully saturated rings.